The molecule has 2 rings (SSSR count). The van der Waals surface area contributed by atoms with E-state index in [9.17, 15) is 4.79 Å². The first-order valence-corrected chi connectivity index (χ1v) is 6.80. The number of nitrogens with zero attached hydrogens (tertiary/aromatic N) is 2. The Kier molecular flexibility index (Phi) is 4.74. The number of rotatable bonds is 6. The highest BCUT2D eigenvalue weighted by molar-refractivity contribution is 5.93. The predicted molar refractivity (Wildman–Crippen MR) is 74.6 cm³/mol. The second kappa shape index (κ2) is 6.52. The third-order valence-electron chi connectivity index (χ3n) is 3.78. The number of hydrogen-bond acceptors (Lipinski definition) is 4. The largest absolute Gasteiger partial charge is 0.478 e. The fourth-order valence-corrected chi connectivity index (χ4v) is 2.61. The molecule has 1 aromatic rings. The number of hydrogen-bond donors (Lipinski definition) is 2. The highest BCUT2D eigenvalue weighted by atomic mass is 16.4. The van der Waals surface area contributed by atoms with Crippen molar-refractivity contribution >= 4 is 11.7 Å². The topological polar surface area (TPSA) is 65.5 Å². The van der Waals surface area contributed by atoms with Gasteiger partial charge in [0.05, 0.1) is 5.69 Å². The summed E-state index contributed by atoms with van der Waals surface area (Å²) in [5.74, 6) is -0.945. The van der Waals surface area contributed by atoms with Gasteiger partial charge in [0.25, 0.3) is 0 Å². The molecule has 104 valence electrons. The van der Waals surface area contributed by atoms with Crippen LogP contribution < -0.4 is 5.32 Å². The monoisotopic (exact) mass is 263 g/mol. The summed E-state index contributed by atoms with van der Waals surface area (Å²) in [6, 6.07) is 2.40. The summed E-state index contributed by atoms with van der Waals surface area (Å²) in [6.45, 7) is 1.67. The number of aromatic nitrogens is 1. The minimum atomic E-state index is -0.945. The Morgan fingerprint density at radius 3 is 2.95 bits per heavy atom. The van der Waals surface area contributed by atoms with Crippen molar-refractivity contribution in [1.29, 1.82) is 0 Å². The van der Waals surface area contributed by atoms with Gasteiger partial charge in [0.15, 0.2) is 0 Å². The van der Waals surface area contributed by atoms with Crippen molar-refractivity contribution in [3.63, 3.8) is 0 Å². The number of anilines is 1. The molecule has 0 unspecified atom stereocenters. The van der Waals surface area contributed by atoms with Gasteiger partial charge in [0.1, 0.15) is 5.56 Å². The molecule has 0 amide bonds. The second-order valence-corrected chi connectivity index (χ2v) is 5.07. The van der Waals surface area contributed by atoms with Crippen molar-refractivity contribution in [2.24, 2.45) is 0 Å². The van der Waals surface area contributed by atoms with Crippen LogP contribution in [0.25, 0.3) is 0 Å². The van der Waals surface area contributed by atoms with Crippen molar-refractivity contribution < 1.29 is 9.90 Å². The molecule has 0 bridgehead atoms. The van der Waals surface area contributed by atoms with Crippen LogP contribution in [0.1, 0.15) is 36.0 Å². The average molecular weight is 263 g/mol. The van der Waals surface area contributed by atoms with Crippen molar-refractivity contribution in [2.45, 2.75) is 31.7 Å². The first kappa shape index (κ1) is 13.8. The van der Waals surface area contributed by atoms with Crippen LogP contribution in [0.15, 0.2) is 18.5 Å². The van der Waals surface area contributed by atoms with Gasteiger partial charge in [0.2, 0.25) is 0 Å². The van der Waals surface area contributed by atoms with E-state index in [-0.39, 0.29) is 5.56 Å². The first-order chi connectivity index (χ1) is 9.18. The van der Waals surface area contributed by atoms with Crippen molar-refractivity contribution in [3.8, 4) is 0 Å². The lowest BCUT2D eigenvalue weighted by molar-refractivity contribution is 0.0697. The Balaban J connectivity index is 1.83. The van der Waals surface area contributed by atoms with E-state index in [1.165, 1.54) is 31.9 Å². The lowest BCUT2D eigenvalue weighted by atomic mass is 10.2. The maximum Gasteiger partial charge on any atom is 0.339 e. The molecule has 5 nitrogen and oxygen atoms in total. The SMILES string of the molecule is CN(CCNc1ccncc1C(=O)O)C1CCCC1. The Hall–Kier alpha value is -1.62. The average Bonchev–Trinajstić information content (AvgIpc) is 2.93. The van der Waals surface area contributed by atoms with E-state index in [2.05, 4.69) is 22.2 Å². The third kappa shape index (κ3) is 3.67. The van der Waals surface area contributed by atoms with Crippen LogP contribution in [0.4, 0.5) is 5.69 Å². The third-order valence-corrected chi connectivity index (χ3v) is 3.78. The molecule has 1 fully saturated rings. The lowest BCUT2D eigenvalue weighted by Crippen LogP contribution is -2.33. The molecule has 19 heavy (non-hydrogen) atoms. The van der Waals surface area contributed by atoms with Gasteiger partial charge in [-0.1, -0.05) is 12.8 Å². The standard InChI is InChI=1S/C14H21N3O2/c1-17(11-4-2-3-5-11)9-8-16-13-6-7-15-10-12(13)14(18)19/h6-7,10-11H,2-5,8-9H2,1H3,(H,15,16)(H,18,19). The van der Waals surface area contributed by atoms with Gasteiger partial charge in [-0.05, 0) is 26.0 Å². The van der Waals surface area contributed by atoms with Crippen molar-refractivity contribution in [3.05, 3.63) is 24.0 Å². The number of likely N-dealkylation sites (N-methyl/N-ethyl adjacent to an activating group) is 1. The number of carboxylic acids is 1. The van der Waals surface area contributed by atoms with E-state index in [1.54, 1.807) is 12.3 Å². The molecule has 1 saturated carbocycles. The van der Waals surface area contributed by atoms with E-state index >= 15 is 0 Å². The molecular weight excluding hydrogens is 242 g/mol. The van der Waals surface area contributed by atoms with Crippen LogP contribution in [0.2, 0.25) is 0 Å². The zero-order valence-corrected chi connectivity index (χ0v) is 11.3. The first-order valence-electron chi connectivity index (χ1n) is 6.80. The zero-order valence-electron chi connectivity index (χ0n) is 11.3. The minimum Gasteiger partial charge on any atom is -0.478 e. The zero-order chi connectivity index (χ0) is 13.7. The summed E-state index contributed by atoms with van der Waals surface area (Å²) in [4.78, 5) is 17.2. The quantitative estimate of drug-likeness (QED) is 0.822. The van der Waals surface area contributed by atoms with Crippen molar-refractivity contribution in [1.82, 2.24) is 9.88 Å². The maximum atomic E-state index is 11.0. The number of nitrogens with one attached hydrogen (secondary N) is 1. The molecule has 1 aliphatic carbocycles. The van der Waals surface area contributed by atoms with Crippen molar-refractivity contribution in [2.75, 3.05) is 25.5 Å². The molecular formula is C14H21N3O2. The molecule has 1 aromatic heterocycles. The van der Waals surface area contributed by atoms with E-state index in [0.29, 0.717) is 11.7 Å². The number of carboxylic acid groups (broad SMARTS) is 1. The van der Waals surface area contributed by atoms with Gasteiger partial charge >= 0.3 is 5.97 Å². The summed E-state index contributed by atoms with van der Waals surface area (Å²) >= 11 is 0. The Morgan fingerprint density at radius 2 is 2.26 bits per heavy atom. The fourth-order valence-electron chi connectivity index (χ4n) is 2.61. The molecule has 0 saturated heterocycles. The predicted octanol–water partition coefficient (Wildman–Crippen LogP) is 2.07. The molecule has 0 aliphatic heterocycles. The van der Waals surface area contributed by atoms with E-state index < -0.39 is 5.97 Å². The summed E-state index contributed by atoms with van der Waals surface area (Å²) < 4.78 is 0. The summed E-state index contributed by atoms with van der Waals surface area (Å²) in [5.41, 5.74) is 0.869. The second-order valence-electron chi connectivity index (χ2n) is 5.07. The van der Waals surface area contributed by atoms with Gasteiger partial charge in [-0.15, -0.1) is 0 Å². The van der Waals surface area contributed by atoms with E-state index in [1.807, 2.05) is 0 Å². The molecule has 0 aromatic carbocycles. The molecule has 2 N–H and O–H groups in total. The van der Waals surface area contributed by atoms with Gasteiger partial charge < -0.3 is 15.3 Å². The smallest absolute Gasteiger partial charge is 0.339 e. The molecule has 0 radical (unpaired) electrons. The van der Waals surface area contributed by atoms with Gasteiger partial charge in [-0.2, -0.15) is 0 Å². The highest BCUT2D eigenvalue weighted by Crippen LogP contribution is 2.22. The van der Waals surface area contributed by atoms with Crippen LogP contribution in [-0.2, 0) is 0 Å². The molecule has 0 atom stereocenters. The van der Waals surface area contributed by atoms with Crippen LogP contribution in [-0.4, -0.2) is 47.1 Å². The van der Waals surface area contributed by atoms with Crippen LogP contribution >= 0.6 is 0 Å². The minimum absolute atomic E-state index is 0.228. The molecule has 0 spiro atoms. The molecule has 5 heteroatoms. The normalized spacial score (nSPS) is 15.9. The summed E-state index contributed by atoms with van der Waals surface area (Å²) in [5, 5.41) is 12.2. The fraction of sp³-hybridized carbons (Fsp3) is 0.571. The van der Waals surface area contributed by atoms with E-state index in [4.69, 9.17) is 5.11 Å². The Labute approximate surface area is 113 Å². The number of pyridine rings is 1. The molecule has 1 heterocycles. The van der Waals surface area contributed by atoms with Crippen LogP contribution in [0, 0.1) is 0 Å². The Bertz CT molecular complexity index is 430. The van der Waals surface area contributed by atoms with Gasteiger partial charge in [0, 0.05) is 31.5 Å². The van der Waals surface area contributed by atoms with Gasteiger partial charge in [-0.25, -0.2) is 4.79 Å². The summed E-state index contributed by atoms with van der Waals surface area (Å²) in [6.07, 6.45) is 8.21. The number of carbonyl (C=O) groups is 1. The lowest BCUT2D eigenvalue weighted by Gasteiger charge is -2.24. The number of aromatic carboxylic acids is 1. The highest BCUT2D eigenvalue weighted by Gasteiger charge is 2.19. The summed E-state index contributed by atoms with van der Waals surface area (Å²) in [7, 11) is 2.14. The maximum absolute atomic E-state index is 11.0. The van der Waals surface area contributed by atoms with E-state index in [0.717, 1.165) is 13.1 Å². The van der Waals surface area contributed by atoms with Gasteiger partial charge in [-0.3, -0.25) is 4.98 Å². The molecule has 1 aliphatic rings. The van der Waals surface area contributed by atoms with Crippen LogP contribution in [0.5, 0.6) is 0 Å². The van der Waals surface area contributed by atoms with Crippen LogP contribution in [0.3, 0.4) is 0 Å². The Morgan fingerprint density at radius 1 is 1.53 bits per heavy atom.